The third kappa shape index (κ3) is 2.10. The first kappa shape index (κ1) is 10.9. The van der Waals surface area contributed by atoms with Crippen LogP contribution in [0.15, 0.2) is 30.5 Å². The first-order valence-corrected chi connectivity index (χ1v) is 5.94. The summed E-state index contributed by atoms with van der Waals surface area (Å²) in [6, 6.07) is 8.30. The van der Waals surface area contributed by atoms with Crippen LogP contribution in [0, 0.1) is 5.41 Å². The highest BCUT2D eigenvalue weighted by Crippen LogP contribution is 2.21. The van der Waals surface area contributed by atoms with Crippen molar-refractivity contribution in [3.63, 3.8) is 0 Å². The third-order valence-corrected chi connectivity index (χ3v) is 3.10. The van der Waals surface area contributed by atoms with Gasteiger partial charge in [0.1, 0.15) is 0 Å². The van der Waals surface area contributed by atoms with Crippen LogP contribution in [0.1, 0.15) is 13.8 Å². The van der Waals surface area contributed by atoms with Crippen LogP contribution in [0.25, 0.3) is 10.9 Å². The van der Waals surface area contributed by atoms with Gasteiger partial charge in [-0.2, -0.15) is 0 Å². The van der Waals surface area contributed by atoms with Gasteiger partial charge >= 0.3 is 7.12 Å². The summed E-state index contributed by atoms with van der Waals surface area (Å²) in [7, 11) is -0.220. The lowest BCUT2D eigenvalue weighted by atomic mass is 9.75. The van der Waals surface area contributed by atoms with E-state index in [0.29, 0.717) is 0 Å². The largest absolute Gasteiger partial charge is 0.493 e. The number of benzene rings is 1. The molecule has 1 aliphatic rings. The lowest BCUT2D eigenvalue weighted by Crippen LogP contribution is -2.47. The predicted molar refractivity (Wildman–Crippen MR) is 69.4 cm³/mol. The number of hydrogen-bond acceptors (Lipinski definition) is 2. The Labute approximate surface area is 101 Å². The Kier molecular flexibility index (Phi) is 2.49. The lowest BCUT2D eigenvalue weighted by molar-refractivity contribution is 0.0343. The van der Waals surface area contributed by atoms with Gasteiger partial charge < -0.3 is 14.3 Å². The van der Waals surface area contributed by atoms with E-state index in [4.69, 9.17) is 9.31 Å². The molecule has 4 heteroatoms. The van der Waals surface area contributed by atoms with Crippen LogP contribution in [0.5, 0.6) is 0 Å². The average Bonchev–Trinajstić information content (AvgIpc) is 2.76. The van der Waals surface area contributed by atoms with Crippen molar-refractivity contribution in [2.24, 2.45) is 5.41 Å². The molecule has 0 amide bonds. The lowest BCUT2D eigenvalue weighted by Gasteiger charge is -2.33. The fourth-order valence-electron chi connectivity index (χ4n) is 2.10. The van der Waals surface area contributed by atoms with Gasteiger partial charge in [-0.3, -0.25) is 0 Å². The molecule has 88 valence electrons. The minimum atomic E-state index is -0.220. The van der Waals surface area contributed by atoms with Crippen molar-refractivity contribution >= 4 is 23.5 Å². The molecule has 2 aromatic rings. The fraction of sp³-hybridized carbons (Fsp3) is 0.385. The molecule has 2 heterocycles. The Bertz CT molecular complexity index is 525. The minimum Gasteiger partial charge on any atom is -0.407 e. The summed E-state index contributed by atoms with van der Waals surface area (Å²) in [4.78, 5) is 3.18. The van der Waals surface area contributed by atoms with Crippen LogP contribution in [0.2, 0.25) is 0 Å². The van der Waals surface area contributed by atoms with Crippen molar-refractivity contribution in [3.05, 3.63) is 30.5 Å². The molecule has 3 nitrogen and oxygen atoms in total. The second kappa shape index (κ2) is 3.89. The van der Waals surface area contributed by atoms with Gasteiger partial charge in [0.25, 0.3) is 0 Å². The van der Waals surface area contributed by atoms with Gasteiger partial charge in [-0.05, 0) is 23.0 Å². The Morgan fingerprint density at radius 3 is 2.71 bits per heavy atom. The summed E-state index contributed by atoms with van der Waals surface area (Å²) in [6.07, 6.45) is 1.94. The van der Waals surface area contributed by atoms with Gasteiger partial charge in [0, 0.05) is 30.3 Å². The normalized spacial score (nSPS) is 19.8. The van der Waals surface area contributed by atoms with Gasteiger partial charge in [0.15, 0.2) is 0 Å². The second-order valence-corrected chi connectivity index (χ2v) is 5.44. The maximum absolute atomic E-state index is 5.77. The number of nitrogens with one attached hydrogen (secondary N) is 1. The van der Waals surface area contributed by atoms with Crippen LogP contribution >= 0.6 is 0 Å². The number of H-pyrrole nitrogens is 1. The topological polar surface area (TPSA) is 34.2 Å². The maximum atomic E-state index is 5.77. The van der Waals surface area contributed by atoms with Crippen molar-refractivity contribution in [1.29, 1.82) is 0 Å². The van der Waals surface area contributed by atoms with Crippen molar-refractivity contribution in [2.45, 2.75) is 13.8 Å². The Morgan fingerprint density at radius 2 is 1.94 bits per heavy atom. The predicted octanol–water partition coefficient (Wildman–Crippen LogP) is 1.94. The summed E-state index contributed by atoms with van der Waals surface area (Å²) in [6.45, 7) is 5.78. The smallest absolute Gasteiger partial charge is 0.407 e. The number of aromatic amines is 1. The molecule has 0 saturated carbocycles. The number of aromatic nitrogens is 1. The molecule has 0 spiro atoms. The van der Waals surface area contributed by atoms with Gasteiger partial charge in [-0.1, -0.05) is 26.0 Å². The highest BCUT2D eigenvalue weighted by atomic mass is 16.6. The zero-order valence-corrected chi connectivity index (χ0v) is 10.2. The maximum Gasteiger partial charge on any atom is 0.493 e. The van der Waals surface area contributed by atoms with E-state index in [1.165, 1.54) is 5.39 Å². The standard InChI is InChI=1S/C13H16BNO2/c1-13(2)8-16-14(17-9-13)11-3-4-12-10(7-11)5-6-15-12/h3-7,15H,8-9H2,1-2H3. The van der Waals surface area contributed by atoms with E-state index in [1.54, 1.807) is 0 Å². The molecule has 0 unspecified atom stereocenters. The van der Waals surface area contributed by atoms with E-state index >= 15 is 0 Å². The molecule has 1 aliphatic heterocycles. The van der Waals surface area contributed by atoms with E-state index in [1.807, 2.05) is 6.20 Å². The molecule has 3 rings (SSSR count). The molecular weight excluding hydrogens is 213 g/mol. The number of hydrogen-bond donors (Lipinski definition) is 1. The summed E-state index contributed by atoms with van der Waals surface area (Å²) < 4.78 is 11.5. The molecule has 1 aromatic heterocycles. The molecule has 0 aliphatic carbocycles. The van der Waals surface area contributed by atoms with E-state index in [9.17, 15) is 0 Å². The molecule has 1 N–H and O–H groups in total. The third-order valence-electron chi connectivity index (χ3n) is 3.10. The van der Waals surface area contributed by atoms with Crippen molar-refractivity contribution in [1.82, 2.24) is 4.98 Å². The van der Waals surface area contributed by atoms with Crippen LogP contribution in [0.3, 0.4) is 0 Å². The first-order valence-electron chi connectivity index (χ1n) is 5.94. The molecular formula is C13H16BNO2. The highest BCUT2D eigenvalue weighted by molar-refractivity contribution is 6.61. The number of rotatable bonds is 1. The number of fused-ring (bicyclic) bond motifs is 1. The summed E-state index contributed by atoms with van der Waals surface area (Å²) in [5.74, 6) is 0. The van der Waals surface area contributed by atoms with Crippen LogP contribution < -0.4 is 5.46 Å². The van der Waals surface area contributed by atoms with E-state index in [2.05, 4.69) is 43.1 Å². The molecule has 1 saturated heterocycles. The zero-order valence-electron chi connectivity index (χ0n) is 10.2. The van der Waals surface area contributed by atoms with Crippen molar-refractivity contribution in [2.75, 3.05) is 13.2 Å². The molecule has 17 heavy (non-hydrogen) atoms. The summed E-state index contributed by atoms with van der Waals surface area (Å²) >= 11 is 0. The molecule has 1 aromatic carbocycles. The molecule has 0 atom stereocenters. The monoisotopic (exact) mass is 229 g/mol. The van der Waals surface area contributed by atoms with Gasteiger partial charge in [-0.15, -0.1) is 0 Å². The van der Waals surface area contributed by atoms with E-state index in [-0.39, 0.29) is 12.5 Å². The SMILES string of the molecule is CC1(C)COB(c2ccc3[nH]ccc3c2)OC1. The highest BCUT2D eigenvalue weighted by Gasteiger charge is 2.33. The Hall–Kier alpha value is -1.26. The van der Waals surface area contributed by atoms with Crippen LogP contribution in [0.4, 0.5) is 0 Å². The first-order chi connectivity index (χ1) is 8.14. The van der Waals surface area contributed by atoms with Crippen LogP contribution in [-0.4, -0.2) is 25.3 Å². The second-order valence-electron chi connectivity index (χ2n) is 5.44. The van der Waals surface area contributed by atoms with Crippen molar-refractivity contribution < 1.29 is 9.31 Å². The summed E-state index contributed by atoms with van der Waals surface area (Å²) in [5.41, 5.74) is 2.35. The molecule has 1 fully saturated rings. The van der Waals surface area contributed by atoms with Gasteiger partial charge in [0.05, 0.1) is 0 Å². The minimum absolute atomic E-state index is 0.120. The molecule has 0 radical (unpaired) electrons. The van der Waals surface area contributed by atoms with E-state index in [0.717, 1.165) is 24.2 Å². The Balaban J connectivity index is 1.84. The van der Waals surface area contributed by atoms with Crippen LogP contribution in [-0.2, 0) is 9.31 Å². The molecule has 0 bridgehead atoms. The fourth-order valence-corrected chi connectivity index (χ4v) is 2.10. The van der Waals surface area contributed by atoms with E-state index < -0.39 is 0 Å². The quantitative estimate of drug-likeness (QED) is 0.758. The van der Waals surface area contributed by atoms with Gasteiger partial charge in [-0.25, -0.2) is 0 Å². The average molecular weight is 229 g/mol. The van der Waals surface area contributed by atoms with Crippen molar-refractivity contribution in [3.8, 4) is 0 Å². The van der Waals surface area contributed by atoms with Gasteiger partial charge in [0.2, 0.25) is 0 Å². The zero-order chi connectivity index (χ0) is 11.9. The summed E-state index contributed by atoms with van der Waals surface area (Å²) in [5, 5.41) is 1.19. The Morgan fingerprint density at radius 1 is 1.18 bits per heavy atom.